The summed E-state index contributed by atoms with van der Waals surface area (Å²) < 4.78 is 0. The van der Waals surface area contributed by atoms with E-state index in [0.29, 0.717) is 46.5 Å². The molecule has 2 aromatic rings. The Hall–Kier alpha value is -4.79. The van der Waals surface area contributed by atoms with Crippen LogP contribution in [0.4, 0.5) is 21.0 Å². The second-order valence-corrected chi connectivity index (χ2v) is 9.73. The summed E-state index contributed by atoms with van der Waals surface area (Å²) in [4.78, 5) is 46.8. The van der Waals surface area contributed by atoms with E-state index in [9.17, 15) is 24.8 Å². The smallest absolute Gasteiger partial charge is 0.327 e. The van der Waals surface area contributed by atoms with Gasteiger partial charge in [0.1, 0.15) is 29.8 Å². The molecule has 1 saturated heterocycles. The van der Waals surface area contributed by atoms with Crippen molar-refractivity contribution in [2.24, 2.45) is 10.2 Å². The largest absolute Gasteiger partial charge is 0.753 e. The van der Waals surface area contributed by atoms with Gasteiger partial charge in [0, 0.05) is 11.4 Å². The number of rotatable bonds is 6. The summed E-state index contributed by atoms with van der Waals surface area (Å²) in [6.07, 6.45) is 1.45. The number of nitrogens with zero attached hydrogens (tertiary/aromatic N) is 6. The van der Waals surface area contributed by atoms with Crippen molar-refractivity contribution in [3.8, 4) is 0 Å². The topological polar surface area (TPSA) is 165 Å². The highest BCUT2D eigenvalue weighted by atomic mass is 17.0. The van der Waals surface area contributed by atoms with Crippen molar-refractivity contribution < 1.29 is 24.5 Å². The van der Waals surface area contributed by atoms with E-state index in [0.717, 1.165) is 0 Å². The lowest BCUT2D eigenvalue weighted by atomic mass is 9.99. The van der Waals surface area contributed by atoms with Gasteiger partial charge in [-0.2, -0.15) is 0 Å². The Morgan fingerprint density at radius 3 is 2.55 bits per heavy atom. The van der Waals surface area contributed by atoms with Crippen LogP contribution in [0, 0.1) is 5.21 Å². The quantitative estimate of drug-likeness (QED) is 0.359. The molecule has 3 aliphatic rings. The average Bonchev–Trinajstić information content (AvgIpc) is 3.42. The predicted octanol–water partition coefficient (Wildman–Crippen LogP) is 4.07. The molecule has 0 spiro atoms. The molecule has 3 N–H and O–H groups in total. The third kappa shape index (κ3) is 4.98. The van der Waals surface area contributed by atoms with Gasteiger partial charge >= 0.3 is 12.1 Å². The molecule has 5 rings (SSSR count). The number of hydrogen-bond donors (Lipinski definition) is 3. The van der Waals surface area contributed by atoms with Crippen molar-refractivity contribution in [1.82, 2.24) is 20.7 Å². The highest BCUT2D eigenvalue weighted by molar-refractivity contribution is 6.00. The summed E-state index contributed by atoms with van der Waals surface area (Å²) in [6, 6.07) is 15.3. The van der Waals surface area contributed by atoms with Gasteiger partial charge in [0.2, 0.25) is 0 Å². The van der Waals surface area contributed by atoms with E-state index in [4.69, 9.17) is 4.94 Å². The minimum Gasteiger partial charge on any atom is -0.753 e. The van der Waals surface area contributed by atoms with Crippen LogP contribution in [0.2, 0.25) is 0 Å². The van der Waals surface area contributed by atoms with E-state index >= 15 is 0 Å². The maximum Gasteiger partial charge on any atom is 0.327 e. The first-order valence-electron chi connectivity index (χ1n) is 12.5. The van der Waals surface area contributed by atoms with Crippen molar-refractivity contribution in [3.63, 3.8) is 0 Å². The molecular formula is C26H27N8O6-. The predicted molar refractivity (Wildman–Crippen MR) is 142 cm³/mol. The Labute approximate surface area is 229 Å². The number of carbonyl (C=O) groups excluding carboxylic acids is 3. The molecule has 2 aromatic carbocycles. The van der Waals surface area contributed by atoms with Crippen LogP contribution >= 0.6 is 0 Å². The fraction of sp³-hybridized carbons (Fsp3) is 0.269. The van der Waals surface area contributed by atoms with Gasteiger partial charge in [0.15, 0.2) is 0 Å². The van der Waals surface area contributed by atoms with E-state index in [2.05, 4.69) is 21.0 Å². The zero-order chi connectivity index (χ0) is 28.4. The van der Waals surface area contributed by atoms with Crippen LogP contribution < -0.4 is 15.7 Å². The van der Waals surface area contributed by atoms with Gasteiger partial charge in [-0.15, -0.1) is 20.4 Å². The molecule has 2 heterocycles. The van der Waals surface area contributed by atoms with Gasteiger partial charge in [-0.1, -0.05) is 42.5 Å². The van der Waals surface area contributed by atoms with Gasteiger partial charge in [-0.05, 0) is 51.0 Å². The molecule has 0 aromatic heterocycles. The van der Waals surface area contributed by atoms with Crippen molar-refractivity contribution in [2.45, 2.75) is 38.4 Å². The number of urea groups is 2. The van der Waals surface area contributed by atoms with Crippen LogP contribution in [-0.2, 0) is 9.73 Å². The second kappa shape index (κ2) is 10.8. The van der Waals surface area contributed by atoms with E-state index in [1.165, 1.54) is 9.80 Å². The van der Waals surface area contributed by atoms with Crippen LogP contribution in [0.15, 0.2) is 94.1 Å². The summed E-state index contributed by atoms with van der Waals surface area (Å²) in [5, 5.41) is 34.3. The zero-order valence-corrected chi connectivity index (χ0v) is 21.7. The second-order valence-electron chi connectivity index (χ2n) is 9.73. The lowest BCUT2D eigenvalue weighted by Crippen LogP contribution is -2.57. The van der Waals surface area contributed by atoms with Gasteiger partial charge in [-0.25, -0.2) is 15.1 Å². The molecule has 1 atom stereocenters. The third-order valence-corrected chi connectivity index (χ3v) is 6.78. The van der Waals surface area contributed by atoms with Crippen molar-refractivity contribution >= 4 is 29.3 Å². The number of carbonyl (C=O) groups is 3. The molecule has 40 heavy (non-hydrogen) atoms. The number of amides is 5. The number of nitrogens with one attached hydrogen (secondary N) is 2. The summed E-state index contributed by atoms with van der Waals surface area (Å²) in [5.41, 5.74) is 3.12. The lowest BCUT2D eigenvalue weighted by molar-refractivity contribution is -0.324. The number of para-hydroxylation sites is 2. The van der Waals surface area contributed by atoms with E-state index in [-0.39, 0.29) is 5.06 Å². The normalized spacial score (nSPS) is 20.0. The summed E-state index contributed by atoms with van der Waals surface area (Å²) in [6.45, 7) is 2.69. The van der Waals surface area contributed by atoms with Crippen molar-refractivity contribution in [3.05, 3.63) is 89.0 Å². The molecule has 5 amide bonds. The van der Waals surface area contributed by atoms with Crippen LogP contribution in [0.1, 0.15) is 26.7 Å². The number of hydrogen-bond acceptors (Lipinski definition) is 9. The molecule has 1 aliphatic carbocycles. The molecule has 14 heteroatoms. The van der Waals surface area contributed by atoms with Crippen molar-refractivity contribution in [2.75, 3.05) is 16.8 Å². The molecular weight excluding hydrogens is 520 g/mol. The Balaban J connectivity index is 1.39. The molecule has 14 nitrogen and oxygen atoms in total. The van der Waals surface area contributed by atoms with Gasteiger partial charge in [0.05, 0.1) is 5.54 Å². The highest BCUT2D eigenvalue weighted by Crippen LogP contribution is 2.38. The Morgan fingerprint density at radius 1 is 1.18 bits per heavy atom. The molecule has 0 bridgehead atoms. The minimum atomic E-state index is -1.32. The minimum absolute atomic E-state index is 0.205. The number of azo groups is 1. The van der Waals surface area contributed by atoms with Gasteiger partial charge in [-0.3, -0.25) is 14.9 Å². The van der Waals surface area contributed by atoms with Crippen LogP contribution in [0.25, 0.3) is 0 Å². The monoisotopic (exact) mass is 547 g/mol. The Morgan fingerprint density at radius 2 is 1.85 bits per heavy atom. The number of anilines is 2. The highest BCUT2D eigenvalue weighted by Gasteiger charge is 2.54. The molecule has 0 saturated carbocycles. The van der Waals surface area contributed by atoms with Crippen LogP contribution in [0.3, 0.4) is 0 Å². The van der Waals surface area contributed by atoms with E-state index in [1.807, 2.05) is 0 Å². The fourth-order valence-corrected chi connectivity index (χ4v) is 4.79. The maximum absolute atomic E-state index is 13.7. The molecule has 208 valence electrons. The SMILES string of the molecule is CC1(C)[C@@H](N([O-])C(=O)Nc2ccccc2)N(c2ccccc2)C(=O)N1CC(=O)N=NC1=CCCC2=C1NON2O. The molecule has 1 fully saturated rings. The van der Waals surface area contributed by atoms with Crippen LogP contribution in [0.5, 0.6) is 0 Å². The maximum atomic E-state index is 13.7. The first-order chi connectivity index (χ1) is 19.2. The van der Waals surface area contributed by atoms with Crippen LogP contribution in [-0.4, -0.2) is 56.6 Å². The molecule has 2 aliphatic heterocycles. The van der Waals surface area contributed by atoms with E-state index in [1.54, 1.807) is 80.6 Å². The number of allylic oxidation sites excluding steroid dienone is 2. The summed E-state index contributed by atoms with van der Waals surface area (Å²) >= 11 is 0. The average molecular weight is 548 g/mol. The first kappa shape index (κ1) is 26.8. The molecule has 0 unspecified atom stereocenters. The van der Waals surface area contributed by atoms with E-state index < -0.39 is 36.2 Å². The fourth-order valence-electron chi connectivity index (χ4n) is 4.79. The Bertz CT molecular complexity index is 1390. The Kier molecular flexibility index (Phi) is 7.21. The molecule has 0 radical (unpaired) electrons. The van der Waals surface area contributed by atoms with Gasteiger partial charge < -0.3 is 20.5 Å². The summed E-state index contributed by atoms with van der Waals surface area (Å²) in [5.74, 6) is -0.755. The number of hydroxylamine groups is 5. The standard InChI is InChI=1S/C26H27N8O6/c1-26(2)23(33(38)24(36)27-17-10-5-3-6-11-17)32(18-12-7-4-8-13-18)25(37)31(26)16-21(35)29-28-19-14-9-15-20-22(19)30-40-34(20)39/h3-8,10-14,23,30,39H,9,15-16H2,1-2H3,(H,27,36)/q-1/t23-/m1/s1. The number of benzene rings is 2. The lowest BCUT2D eigenvalue weighted by Gasteiger charge is -2.45. The van der Waals surface area contributed by atoms with Crippen molar-refractivity contribution in [1.29, 1.82) is 0 Å². The first-order valence-corrected chi connectivity index (χ1v) is 12.5. The summed E-state index contributed by atoms with van der Waals surface area (Å²) in [7, 11) is 0. The van der Waals surface area contributed by atoms with Gasteiger partial charge in [0.25, 0.3) is 5.91 Å². The third-order valence-electron chi connectivity index (χ3n) is 6.78. The zero-order valence-electron chi connectivity index (χ0n) is 21.7.